The highest BCUT2D eigenvalue weighted by Gasteiger charge is 2.08. The Bertz CT molecular complexity index is 861. The van der Waals surface area contributed by atoms with Crippen molar-refractivity contribution in [2.45, 2.75) is 6.92 Å². The van der Waals surface area contributed by atoms with E-state index >= 15 is 0 Å². The molecule has 0 unspecified atom stereocenters. The third-order valence-electron chi connectivity index (χ3n) is 3.49. The van der Waals surface area contributed by atoms with Crippen molar-refractivity contribution in [1.29, 1.82) is 0 Å². The Morgan fingerprint density at radius 2 is 1.83 bits per heavy atom. The first-order valence-corrected chi connectivity index (χ1v) is 7.29. The van der Waals surface area contributed by atoms with Gasteiger partial charge in [0.05, 0.1) is 5.69 Å². The van der Waals surface area contributed by atoms with Gasteiger partial charge in [0.25, 0.3) is 5.91 Å². The number of carbonyl (C=O) groups excluding carboxylic acids is 1. The third kappa shape index (κ3) is 3.66. The predicted octanol–water partition coefficient (Wildman–Crippen LogP) is 4.30. The van der Waals surface area contributed by atoms with Crippen LogP contribution in [0.2, 0.25) is 0 Å². The van der Waals surface area contributed by atoms with Crippen LogP contribution in [-0.4, -0.2) is 12.5 Å². The molecule has 3 aromatic rings. The summed E-state index contributed by atoms with van der Waals surface area (Å²) in [7, 11) is 0. The summed E-state index contributed by atoms with van der Waals surface area (Å²) in [5.41, 5.74) is 0.954. The summed E-state index contributed by atoms with van der Waals surface area (Å²) in [5, 5.41) is 4.65. The number of carbonyl (C=O) groups is 1. The van der Waals surface area contributed by atoms with Gasteiger partial charge in [0.2, 0.25) is 0 Å². The Kier molecular flexibility index (Phi) is 4.24. The number of rotatable bonds is 4. The van der Waals surface area contributed by atoms with E-state index in [2.05, 4.69) is 5.32 Å². The summed E-state index contributed by atoms with van der Waals surface area (Å²) >= 11 is 0. The molecule has 0 saturated carbocycles. The first-order chi connectivity index (χ1) is 11.1. The molecule has 0 aliphatic heterocycles. The highest BCUT2D eigenvalue weighted by atomic mass is 19.1. The summed E-state index contributed by atoms with van der Waals surface area (Å²) in [5.74, 6) is -0.256. The minimum absolute atomic E-state index is 0.155. The number of halogens is 1. The maximum absolute atomic E-state index is 13.7. The molecule has 0 aromatic heterocycles. The average molecular weight is 309 g/mol. The second-order valence-electron chi connectivity index (χ2n) is 5.33. The third-order valence-corrected chi connectivity index (χ3v) is 3.49. The molecule has 0 atom stereocenters. The van der Waals surface area contributed by atoms with E-state index in [0.717, 1.165) is 16.3 Å². The predicted molar refractivity (Wildman–Crippen MR) is 89.2 cm³/mol. The van der Waals surface area contributed by atoms with Crippen molar-refractivity contribution < 1.29 is 13.9 Å². The van der Waals surface area contributed by atoms with Gasteiger partial charge in [-0.05, 0) is 47.5 Å². The van der Waals surface area contributed by atoms with Crippen molar-refractivity contribution in [2.75, 3.05) is 11.9 Å². The maximum Gasteiger partial charge on any atom is 0.262 e. The van der Waals surface area contributed by atoms with Gasteiger partial charge in [-0.15, -0.1) is 0 Å². The zero-order valence-corrected chi connectivity index (χ0v) is 12.7. The number of fused-ring (bicyclic) bond motifs is 1. The molecule has 3 nitrogen and oxygen atoms in total. The zero-order chi connectivity index (χ0) is 16.2. The second-order valence-corrected chi connectivity index (χ2v) is 5.33. The van der Waals surface area contributed by atoms with Gasteiger partial charge in [0.15, 0.2) is 6.61 Å². The van der Waals surface area contributed by atoms with Crippen molar-refractivity contribution >= 4 is 22.4 Å². The van der Waals surface area contributed by atoms with Crippen LogP contribution in [0.25, 0.3) is 10.8 Å². The van der Waals surface area contributed by atoms with Gasteiger partial charge >= 0.3 is 0 Å². The molecule has 0 spiro atoms. The molecular weight excluding hydrogens is 293 g/mol. The van der Waals surface area contributed by atoms with Crippen LogP contribution in [-0.2, 0) is 4.79 Å². The van der Waals surface area contributed by atoms with Crippen LogP contribution in [0, 0.1) is 12.7 Å². The van der Waals surface area contributed by atoms with Crippen LogP contribution in [0.1, 0.15) is 5.56 Å². The summed E-state index contributed by atoms with van der Waals surface area (Å²) in [4.78, 5) is 11.9. The van der Waals surface area contributed by atoms with E-state index in [-0.39, 0.29) is 12.3 Å². The van der Waals surface area contributed by atoms with E-state index < -0.39 is 11.7 Å². The first kappa shape index (κ1) is 15.0. The minimum atomic E-state index is -0.455. The smallest absolute Gasteiger partial charge is 0.262 e. The first-order valence-electron chi connectivity index (χ1n) is 7.29. The van der Waals surface area contributed by atoms with Gasteiger partial charge in [-0.25, -0.2) is 4.39 Å². The van der Waals surface area contributed by atoms with Crippen LogP contribution in [0.5, 0.6) is 5.75 Å². The molecule has 0 aliphatic carbocycles. The van der Waals surface area contributed by atoms with Gasteiger partial charge in [0.1, 0.15) is 11.6 Å². The van der Waals surface area contributed by atoms with Gasteiger partial charge in [-0.1, -0.05) is 36.4 Å². The van der Waals surface area contributed by atoms with E-state index in [1.54, 1.807) is 19.1 Å². The summed E-state index contributed by atoms with van der Waals surface area (Å²) in [6, 6.07) is 18.2. The Morgan fingerprint density at radius 1 is 1.04 bits per heavy atom. The molecule has 0 bridgehead atoms. The molecular formula is C19H16FNO2. The van der Waals surface area contributed by atoms with Crippen molar-refractivity contribution in [3.05, 3.63) is 72.0 Å². The standard InChI is InChI=1S/C19H16FNO2/c1-13-6-9-18(17(20)10-13)21-19(22)12-23-16-8-7-14-4-2-3-5-15(14)11-16/h2-11H,12H2,1H3,(H,21,22). The Morgan fingerprint density at radius 3 is 2.61 bits per heavy atom. The molecule has 3 rings (SSSR count). The van der Waals surface area contributed by atoms with Crippen LogP contribution in [0.15, 0.2) is 60.7 Å². The molecule has 3 aromatic carbocycles. The van der Waals surface area contributed by atoms with E-state index in [4.69, 9.17) is 4.74 Å². The Balaban J connectivity index is 1.63. The number of benzene rings is 3. The highest BCUT2D eigenvalue weighted by molar-refractivity contribution is 5.92. The van der Waals surface area contributed by atoms with Gasteiger partial charge in [0, 0.05) is 0 Å². The summed E-state index contributed by atoms with van der Waals surface area (Å²) in [6.07, 6.45) is 0. The lowest BCUT2D eigenvalue weighted by atomic mass is 10.1. The summed E-state index contributed by atoms with van der Waals surface area (Å²) < 4.78 is 19.2. The van der Waals surface area contributed by atoms with Crippen LogP contribution < -0.4 is 10.1 Å². The number of anilines is 1. The van der Waals surface area contributed by atoms with Crippen molar-refractivity contribution in [3.8, 4) is 5.75 Å². The fourth-order valence-corrected chi connectivity index (χ4v) is 2.31. The molecule has 4 heteroatoms. The maximum atomic E-state index is 13.7. The average Bonchev–Trinajstić information content (AvgIpc) is 2.55. The van der Waals surface area contributed by atoms with Gasteiger partial charge in [-0.3, -0.25) is 4.79 Å². The molecule has 116 valence electrons. The summed E-state index contributed by atoms with van der Waals surface area (Å²) in [6.45, 7) is 1.61. The van der Waals surface area contributed by atoms with E-state index in [1.807, 2.05) is 42.5 Å². The number of hydrogen-bond acceptors (Lipinski definition) is 2. The van der Waals surface area contributed by atoms with Gasteiger partial charge in [-0.2, -0.15) is 0 Å². The van der Waals surface area contributed by atoms with Crippen molar-refractivity contribution in [2.24, 2.45) is 0 Å². The molecule has 0 aliphatic rings. The molecule has 0 saturated heterocycles. The van der Waals surface area contributed by atoms with E-state index in [9.17, 15) is 9.18 Å². The monoisotopic (exact) mass is 309 g/mol. The highest BCUT2D eigenvalue weighted by Crippen LogP contribution is 2.20. The number of amides is 1. The number of hydrogen-bond donors (Lipinski definition) is 1. The minimum Gasteiger partial charge on any atom is -0.484 e. The second kappa shape index (κ2) is 6.48. The quantitative estimate of drug-likeness (QED) is 0.780. The molecule has 0 fully saturated rings. The molecule has 1 N–H and O–H groups in total. The van der Waals surface area contributed by atoms with Crippen LogP contribution in [0.4, 0.5) is 10.1 Å². The molecule has 0 heterocycles. The molecule has 0 radical (unpaired) electrons. The van der Waals surface area contributed by atoms with Crippen molar-refractivity contribution in [3.63, 3.8) is 0 Å². The van der Waals surface area contributed by atoms with Crippen LogP contribution >= 0.6 is 0 Å². The number of nitrogens with one attached hydrogen (secondary N) is 1. The van der Waals surface area contributed by atoms with Crippen molar-refractivity contribution in [1.82, 2.24) is 0 Å². The van der Waals surface area contributed by atoms with Gasteiger partial charge < -0.3 is 10.1 Å². The lowest BCUT2D eigenvalue weighted by Crippen LogP contribution is -2.20. The lowest BCUT2D eigenvalue weighted by Gasteiger charge is -2.09. The molecule has 23 heavy (non-hydrogen) atoms. The number of ether oxygens (including phenoxy) is 1. The number of aryl methyl sites for hydroxylation is 1. The Hall–Kier alpha value is -2.88. The lowest BCUT2D eigenvalue weighted by molar-refractivity contribution is -0.118. The molecule has 1 amide bonds. The SMILES string of the molecule is Cc1ccc(NC(=O)COc2ccc3ccccc3c2)c(F)c1. The topological polar surface area (TPSA) is 38.3 Å². The van der Waals surface area contributed by atoms with E-state index in [1.165, 1.54) is 6.07 Å². The van der Waals surface area contributed by atoms with Crippen LogP contribution in [0.3, 0.4) is 0 Å². The fraction of sp³-hybridized carbons (Fsp3) is 0.105. The normalized spacial score (nSPS) is 10.5. The Labute approximate surface area is 133 Å². The largest absolute Gasteiger partial charge is 0.484 e. The van der Waals surface area contributed by atoms with E-state index in [0.29, 0.717) is 5.75 Å². The zero-order valence-electron chi connectivity index (χ0n) is 12.7. The fourth-order valence-electron chi connectivity index (χ4n) is 2.31.